The van der Waals surface area contributed by atoms with Crippen LogP contribution < -0.4 is 16.0 Å². The summed E-state index contributed by atoms with van der Waals surface area (Å²) in [5.74, 6) is -0.323. The average molecular weight is 430 g/mol. The first-order valence-corrected chi connectivity index (χ1v) is 10.1. The number of nitrogens with one attached hydrogen (secondary N) is 3. The maximum absolute atomic E-state index is 12.9. The van der Waals surface area contributed by atoms with Crippen molar-refractivity contribution in [3.8, 4) is 0 Å². The number of benzene rings is 3. The van der Waals surface area contributed by atoms with Crippen molar-refractivity contribution in [3.63, 3.8) is 0 Å². The van der Waals surface area contributed by atoms with Gasteiger partial charge < -0.3 is 21.1 Å². The minimum Gasteiger partial charge on any atom is -0.395 e. The van der Waals surface area contributed by atoms with Crippen molar-refractivity contribution in [3.05, 3.63) is 99.6 Å². The summed E-state index contributed by atoms with van der Waals surface area (Å²) in [5.41, 5.74) is 4.47. The Kier molecular flexibility index (Phi) is 6.25. The fraction of sp³-hybridized carbons (Fsp3) is 0.125. The van der Waals surface area contributed by atoms with Crippen molar-refractivity contribution in [2.45, 2.75) is 6.54 Å². The van der Waals surface area contributed by atoms with E-state index in [-0.39, 0.29) is 18.2 Å². The third-order valence-corrected chi connectivity index (χ3v) is 5.11. The van der Waals surface area contributed by atoms with Gasteiger partial charge in [0.2, 0.25) is 0 Å². The van der Waals surface area contributed by atoms with Crippen LogP contribution in [0.1, 0.15) is 16.7 Å². The van der Waals surface area contributed by atoms with Crippen LogP contribution in [0.3, 0.4) is 0 Å². The topological polar surface area (TPSA) is 117 Å². The van der Waals surface area contributed by atoms with Gasteiger partial charge in [-0.2, -0.15) is 0 Å². The number of hydrogen-bond acceptors (Lipinski definition) is 6. The van der Waals surface area contributed by atoms with Crippen molar-refractivity contribution < 1.29 is 14.8 Å². The van der Waals surface area contributed by atoms with Crippen molar-refractivity contribution in [1.82, 2.24) is 5.32 Å². The van der Waals surface area contributed by atoms with Gasteiger partial charge in [0, 0.05) is 42.2 Å². The van der Waals surface area contributed by atoms with Gasteiger partial charge in [0.25, 0.3) is 11.6 Å². The van der Waals surface area contributed by atoms with Gasteiger partial charge in [0.15, 0.2) is 0 Å². The Morgan fingerprint density at radius 1 is 1.03 bits per heavy atom. The molecule has 8 nitrogen and oxygen atoms in total. The predicted molar refractivity (Wildman–Crippen MR) is 124 cm³/mol. The molecule has 1 aliphatic heterocycles. The van der Waals surface area contributed by atoms with E-state index in [1.54, 1.807) is 6.07 Å². The molecule has 0 aromatic heterocycles. The number of aliphatic hydroxyl groups is 1. The molecule has 0 saturated heterocycles. The quantitative estimate of drug-likeness (QED) is 0.188. The van der Waals surface area contributed by atoms with E-state index in [1.807, 2.05) is 54.6 Å². The summed E-state index contributed by atoms with van der Waals surface area (Å²) in [6, 6.07) is 21.4. The Bertz CT molecular complexity index is 1170. The van der Waals surface area contributed by atoms with Gasteiger partial charge in [-0.05, 0) is 29.3 Å². The fourth-order valence-corrected chi connectivity index (χ4v) is 3.56. The molecule has 0 unspecified atom stereocenters. The molecule has 0 radical (unpaired) electrons. The lowest BCUT2D eigenvalue weighted by atomic mass is 9.99. The zero-order valence-corrected chi connectivity index (χ0v) is 17.2. The van der Waals surface area contributed by atoms with E-state index in [9.17, 15) is 14.9 Å². The predicted octanol–water partition coefficient (Wildman–Crippen LogP) is 3.61. The van der Waals surface area contributed by atoms with E-state index < -0.39 is 4.92 Å². The number of nitrogens with zero attached hydrogens (tertiary/aromatic N) is 1. The molecule has 0 aliphatic carbocycles. The average Bonchev–Trinajstić information content (AvgIpc) is 3.14. The largest absolute Gasteiger partial charge is 0.395 e. The molecular formula is C24H22N4O4. The molecule has 0 spiro atoms. The smallest absolute Gasteiger partial charge is 0.270 e. The van der Waals surface area contributed by atoms with Gasteiger partial charge in [-0.25, -0.2) is 0 Å². The summed E-state index contributed by atoms with van der Waals surface area (Å²) in [6.07, 6.45) is 0. The number of rotatable bonds is 8. The van der Waals surface area contributed by atoms with Crippen LogP contribution in [-0.4, -0.2) is 29.1 Å². The van der Waals surface area contributed by atoms with E-state index in [1.165, 1.54) is 12.1 Å². The van der Waals surface area contributed by atoms with Crippen molar-refractivity contribution >= 4 is 34.2 Å². The number of fused-ring (bicyclic) bond motifs is 1. The zero-order valence-electron chi connectivity index (χ0n) is 17.2. The molecule has 8 heteroatoms. The van der Waals surface area contributed by atoms with Crippen LogP contribution in [0.2, 0.25) is 0 Å². The maximum atomic E-state index is 12.9. The second-order valence-electron chi connectivity index (χ2n) is 7.28. The van der Waals surface area contributed by atoms with Gasteiger partial charge in [0.1, 0.15) is 0 Å². The molecule has 32 heavy (non-hydrogen) atoms. The summed E-state index contributed by atoms with van der Waals surface area (Å²) in [5, 5.41) is 29.5. The molecule has 0 fully saturated rings. The van der Waals surface area contributed by atoms with Crippen LogP contribution in [-0.2, 0) is 11.3 Å². The SMILES string of the molecule is O=C1Nc2ccc([N+](=O)[O-])cc2C1=C(Nc1ccc(CNCCO)cc1)c1ccccc1. The van der Waals surface area contributed by atoms with Gasteiger partial charge >= 0.3 is 0 Å². The molecule has 1 aliphatic rings. The van der Waals surface area contributed by atoms with E-state index in [2.05, 4.69) is 16.0 Å². The van der Waals surface area contributed by atoms with Crippen LogP contribution in [0.5, 0.6) is 0 Å². The minimum absolute atomic E-state index is 0.0787. The third kappa shape index (κ3) is 4.51. The third-order valence-electron chi connectivity index (χ3n) is 5.11. The van der Waals surface area contributed by atoms with Crippen molar-refractivity contribution in [2.75, 3.05) is 23.8 Å². The van der Waals surface area contributed by atoms with E-state index in [4.69, 9.17) is 5.11 Å². The normalized spacial score (nSPS) is 14.0. The Labute approximate surface area is 184 Å². The monoisotopic (exact) mass is 430 g/mol. The molecule has 0 bridgehead atoms. The second kappa shape index (κ2) is 9.42. The van der Waals surface area contributed by atoms with E-state index in [0.29, 0.717) is 35.6 Å². The molecule has 0 saturated carbocycles. The molecule has 3 aromatic rings. The van der Waals surface area contributed by atoms with Gasteiger partial charge in [-0.15, -0.1) is 0 Å². The lowest BCUT2D eigenvalue weighted by Crippen LogP contribution is -2.17. The molecule has 0 atom stereocenters. The molecule has 1 amide bonds. The summed E-state index contributed by atoms with van der Waals surface area (Å²) in [4.78, 5) is 23.7. The number of hydrogen-bond donors (Lipinski definition) is 4. The molecule has 4 N–H and O–H groups in total. The van der Waals surface area contributed by atoms with Crippen molar-refractivity contribution in [1.29, 1.82) is 0 Å². The fourth-order valence-electron chi connectivity index (χ4n) is 3.56. The van der Waals surface area contributed by atoms with Crippen LogP contribution in [0.15, 0.2) is 72.8 Å². The van der Waals surface area contributed by atoms with Crippen LogP contribution >= 0.6 is 0 Å². The van der Waals surface area contributed by atoms with E-state index in [0.717, 1.165) is 16.8 Å². The molecular weight excluding hydrogens is 408 g/mol. The number of carbonyl (C=O) groups is 1. The summed E-state index contributed by atoms with van der Waals surface area (Å²) >= 11 is 0. The van der Waals surface area contributed by atoms with Crippen LogP contribution in [0.4, 0.5) is 17.1 Å². The first-order valence-electron chi connectivity index (χ1n) is 10.1. The van der Waals surface area contributed by atoms with Gasteiger partial charge in [0.05, 0.1) is 22.8 Å². The number of nitro benzene ring substituents is 1. The zero-order chi connectivity index (χ0) is 22.5. The Hall–Kier alpha value is -4.01. The Balaban J connectivity index is 1.75. The number of carbonyl (C=O) groups excluding carboxylic acids is 1. The highest BCUT2D eigenvalue weighted by atomic mass is 16.6. The first-order chi connectivity index (χ1) is 15.6. The summed E-state index contributed by atoms with van der Waals surface area (Å²) in [6.45, 7) is 1.23. The minimum atomic E-state index is -0.472. The van der Waals surface area contributed by atoms with Crippen LogP contribution in [0.25, 0.3) is 11.3 Å². The molecule has 3 aromatic carbocycles. The molecule has 1 heterocycles. The highest BCUT2D eigenvalue weighted by Gasteiger charge is 2.30. The summed E-state index contributed by atoms with van der Waals surface area (Å²) < 4.78 is 0. The molecule has 4 rings (SSSR count). The number of nitro groups is 1. The number of aliphatic hydroxyl groups excluding tert-OH is 1. The van der Waals surface area contributed by atoms with E-state index >= 15 is 0 Å². The number of non-ortho nitro benzene ring substituents is 1. The van der Waals surface area contributed by atoms with Crippen LogP contribution in [0, 0.1) is 10.1 Å². The highest BCUT2D eigenvalue weighted by Crippen LogP contribution is 2.39. The standard InChI is InChI=1S/C24H22N4O4/c29-13-12-25-15-16-6-8-18(9-7-16)26-23(17-4-2-1-3-5-17)22-20-14-19(28(31)32)10-11-21(20)27-24(22)30/h1-11,14,25-26,29H,12-13,15H2,(H,27,30). The molecule has 162 valence electrons. The van der Waals surface area contributed by atoms with Gasteiger partial charge in [-0.3, -0.25) is 14.9 Å². The lowest BCUT2D eigenvalue weighted by Gasteiger charge is -2.15. The maximum Gasteiger partial charge on any atom is 0.270 e. The van der Waals surface area contributed by atoms with Gasteiger partial charge in [-0.1, -0.05) is 42.5 Å². The Morgan fingerprint density at radius 2 is 1.78 bits per heavy atom. The number of amides is 1. The Morgan fingerprint density at radius 3 is 2.47 bits per heavy atom. The summed E-state index contributed by atoms with van der Waals surface area (Å²) in [7, 11) is 0. The number of anilines is 2. The van der Waals surface area contributed by atoms with Crippen molar-refractivity contribution in [2.24, 2.45) is 0 Å². The second-order valence-corrected chi connectivity index (χ2v) is 7.28. The lowest BCUT2D eigenvalue weighted by molar-refractivity contribution is -0.384. The highest BCUT2D eigenvalue weighted by molar-refractivity contribution is 6.37. The first kappa shape index (κ1) is 21.2.